The van der Waals surface area contributed by atoms with E-state index < -0.39 is 6.04 Å². The van der Waals surface area contributed by atoms with Crippen molar-refractivity contribution in [1.82, 2.24) is 10.2 Å². The van der Waals surface area contributed by atoms with Crippen LogP contribution in [0, 0.1) is 0 Å². The maximum absolute atomic E-state index is 12.0. The van der Waals surface area contributed by atoms with E-state index in [1.54, 1.807) is 4.90 Å². The van der Waals surface area contributed by atoms with Gasteiger partial charge in [-0.15, -0.1) is 0 Å². The number of fused-ring (bicyclic) bond motifs is 1. The first kappa shape index (κ1) is 11.9. The Morgan fingerprint density at radius 3 is 3.00 bits per heavy atom. The summed E-state index contributed by atoms with van der Waals surface area (Å²) < 4.78 is 4.51. The molecule has 0 radical (unpaired) electrons. The molecular formula is C11H16N2O4. The largest absolute Gasteiger partial charge is 0.469 e. The summed E-state index contributed by atoms with van der Waals surface area (Å²) in [6, 6.07) is -0.868. The lowest BCUT2D eigenvalue weighted by Crippen LogP contribution is -2.61. The van der Waals surface area contributed by atoms with Crippen LogP contribution in [0.15, 0.2) is 0 Å². The lowest BCUT2D eigenvalue weighted by Gasteiger charge is -2.34. The van der Waals surface area contributed by atoms with Crippen LogP contribution in [0.3, 0.4) is 0 Å². The minimum Gasteiger partial charge on any atom is -0.469 e. The number of hydrogen-bond acceptors (Lipinski definition) is 4. The van der Waals surface area contributed by atoms with E-state index in [0.717, 1.165) is 12.8 Å². The molecular weight excluding hydrogens is 224 g/mol. The second-order valence-electron chi connectivity index (χ2n) is 4.37. The van der Waals surface area contributed by atoms with E-state index in [2.05, 4.69) is 10.1 Å². The summed E-state index contributed by atoms with van der Waals surface area (Å²) in [4.78, 5) is 36.4. The van der Waals surface area contributed by atoms with Crippen LogP contribution in [0.25, 0.3) is 0 Å². The van der Waals surface area contributed by atoms with E-state index in [0.29, 0.717) is 13.0 Å². The molecule has 0 unspecified atom stereocenters. The first-order valence-electron chi connectivity index (χ1n) is 5.81. The third-order valence-electron chi connectivity index (χ3n) is 3.32. The quantitative estimate of drug-likeness (QED) is 0.670. The van der Waals surface area contributed by atoms with E-state index >= 15 is 0 Å². The number of hydrogen-bond donors (Lipinski definition) is 1. The molecule has 0 aromatic rings. The van der Waals surface area contributed by atoms with Gasteiger partial charge in [-0.1, -0.05) is 0 Å². The SMILES string of the molecule is COC(=O)CC[C@H]1NC(=O)[C@H]2CCCN2C1=O. The van der Waals surface area contributed by atoms with Gasteiger partial charge >= 0.3 is 5.97 Å². The van der Waals surface area contributed by atoms with Crippen LogP contribution in [0.4, 0.5) is 0 Å². The molecule has 0 aromatic heterocycles. The van der Waals surface area contributed by atoms with Crippen molar-refractivity contribution >= 4 is 17.8 Å². The maximum Gasteiger partial charge on any atom is 0.305 e. The molecule has 2 heterocycles. The minimum absolute atomic E-state index is 0.0731. The molecule has 2 aliphatic rings. The fourth-order valence-corrected chi connectivity index (χ4v) is 2.39. The smallest absolute Gasteiger partial charge is 0.305 e. The fraction of sp³-hybridized carbons (Fsp3) is 0.727. The fourth-order valence-electron chi connectivity index (χ4n) is 2.39. The standard InChI is InChI=1S/C11H16N2O4/c1-17-9(14)5-4-7-11(16)13-6-2-3-8(13)10(15)12-7/h7-8H,2-6H2,1H3,(H,12,15)/t7-,8-/m1/s1. The molecule has 2 atom stereocenters. The van der Waals surface area contributed by atoms with Crippen LogP contribution in [-0.2, 0) is 19.1 Å². The second-order valence-corrected chi connectivity index (χ2v) is 4.37. The average molecular weight is 240 g/mol. The van der Waals surface area contributed by atoms with Crippen LogP contribution in [0.5, 0.6) is 0 Å². The predicted octanol–water partition coefficient (Wildman–Crippen LogP) is -0.571. The number of carbonyl (C=O) groups excluding carboxylic acids is 3. The van der Waals surface area contributed by atoms with Crippen LogP contribution in [-0.4, -0.2) is 48.4 Å². The molecule has 2 fully saturated rings. The molecule has 0 aliphatic carbocycles. The van der Waals surface area contributed by atoms with Gasteiger partial charge in [-0.3, -0.25) is 14.4 Å². The van der Waals surface area contributed by atoms with Crippen LogP contribution in [0.2, 0.25) is 0 Å². The molecule has 0 bridgehead atoms. The highest BCUT2D eigenvalue weighted by atomic mass is 16.5. The number of nitrogens with one attached hydrogen (secondary N) is 1. The van der Waals surface area contributed by atoms with Gasteiger partial charge in [0.1, 0.15) is 12.1 Å². The van der Waals surface area contributed by atoms with Crippen molar-refractivity contribution in [2.24, 2.45) is 0 Å². The van der Waals surface area contributed by atoms with Crippen LogP contribution in [0.1, 0.15) is 25.7 Å². The summed E-state index contributed by atoms with van der Waals surface area (Å²) in [5.74, 6) is -0.538. The minimum atomic E-state index is -0.573. The molecule has 0 spiro atoms. The predicted molar refractivity (Wildman–Crippen MR) is 57.9 cm³/mol. The maximum atomic E-state index is 12.0. The van der Waals surface area contributed by atoms with Gasteiger partial charge in [0.05, 0.1) is 7.11 Å². The van der Waals surface area contributed by atoms with E-state index in [9.17, 15) is 14.4 Å². The highest BCUT2D eigenvalue weighted by molar-refractivity contribution is 5.97. The number of carbonyl (C=O) groups is 3. The van der Waals surface area contributed by atoms with Gasteiger partial charge in [-0.2, -0.15) is 0 Å². The Hall–Kier alpha value is -1.59. The number of rotatable bonds is 3. The topological polar surface area (TPSA) is 75.7 Å². The van der Waals surface area contributed by atoms with Gasteiger partial charge in [0.15, 0.2) is 0 Å². The van der Waals surface area contributed by atoms with Crippen molar-refractivity contribution < 1.29 is 19.1 Å². The molecule has 2 rings (SSSR count). The average Bonchev–Trinajstić information content (AvgIpc) is 2.81. The zero-order valence-electron chi connectivity index (χ0n) is 9.77. The number of piperazine rings is 1. The number of amides is 2. The Morgan fingerprint density at radius 2 is 2.29 bits per heavy atom. The van der Waals surface area contributed by atoms with Crippen molar-refractivity contribution in [1.29, 1.82) is 0 Å². The van der Waals surface area contributed by atoms with E-state index in [1.807, 2.05) is 0 Å². The molecule has 6 heteroatoms. The molecule has 2 aliphatic heterocycles. The number of ether oxygens (including phenoxy) is 1. The second kappa shape index (κ2) is 4.73. The van der Waals surface area contributed by atoms with E-state index in [1.165, 1.54) is 7.11 Å². The van der Waals surface area contributed by atoms with Gasteiger partial charge in [0.25, 0.3) is 0 Å². The lowest BCUT2D eigenvalue weighted by atomic mass is 10.0. The summed E-state index contributed by atoms with van der Waals surface area (Å²) in [7, 11) is 1.31. The van der Waals surface area contributed by atoms with Gasteiger partial charge in [0, 0.05) is 13.0 Å². The summed E-state index contributed by atoms with van der Waals surface area (Å²) in [5.41, 5.74) is 0. The molecule has 94 valence electrons. The Morgan fingerprint density at radius 1 is 1.53 bits per heavy atom. The Bertz CT molecular complexity index is 355. The van der Waals surface area contributed by atoms with Gasteiger partial charge in [-0.25, -0.2) is 0 Å². The zero-order chi connectivity index (χ0) is 12.4. The molecule has 0 aromatic carbocycles. The first-order chi connectivity index (χ1) is 8.13. The third kappa shape index (κ3) is 2.25. The molecule has 2 saturated heterocycles. The lowest BCUT2D eigenvalue weighted by molar-refractivity contribution is -0.148. The molecule has 0 saturated carbocycles. The molecule has 17 heavy (non-hydrogen) atoms. The van der Waals surface area contributed by atoms with Crippen molar-refractivity contribution in [3.05, 3.63) is 0 Å². The highest BCUT2D eigenvalue weighted by Crippen LogP contribution is 2.23. The van der Waals surface area contributed by atoms with Crippen LogP contribution < -0.4 is 5.32 Å². The van der Waals surface area contributed by atoms with Crippen molar-refractivity contribution in [2.75, 3.05) is 13.7 Å². The normalized spacial score (nSPS) is 27.7. The zero-order valence-corrected chi connectivity index (χ0v) is 9.77. The number of methoxy groups -OCH3 is 1. The summed E-state index contributed by atoms with van der Waals surface area (Å²) >= 11 is 0. The molecule has 6 nitrogen and oxygen atoms in total. The summed E-state index contributed by atoms with van der Waals surface area (Å²) in [6.07, 6.45) is 2.06. The molecule has 1 N–H and O–H groups in total. The number of esters is 1. The Balaban J connectivity index is 1.97. The van der Waals surface area contributed by atoms with E-state index in [-0.39, 0.29) is 30.2 Å². The van der Waals surface area contributed by atoms with E-state index in [4.69, 9.17) is 0 Å². The monoisotopic (exact) mass is 240 g/mol. The van der Waals surface area contributed by atoms with Crippen molar-refractivity contribution in [2.45, 2.75) is 37.8 Å². The molecule has 2 amide bonds. The Labute approximate surface area is 99.3 Å². The third-order valence-corrected chi connectivity index (χ3v) is 3.32. The summed E-state index contributed by atoms with van der Waals surface area (Å²) in [5, 5.41) is 2.68. The first-order valence-corrected chi connectivity index (χ1v) is 5.81. The Kier molecular flexibility index (Phi) is 3.31. The van der Waals surface area contributed by atoms with Gasteiger partial charge in [0.2, 0.25) is 11.8 Å². The van der Waals surface area contributed by atoms with Crippen molar-refractivity contribution in [3.63, 3.8) is 0 Å². The van der Waals surface area contributed by atoms with Gasteiger partial charge in [-0.05, 0) is 19.3 Å². The van der Waals surface area contributed by atoms with Crippen LogP contribution >= 0.6 is 0 Å². The highest BCUT2D eigenvalue weighted by Gasteiger charge is 2.42. The summed E-state index contributed by atoms with van der Waals surface area (Å²) in [6.45, 7) is 0.644. The number of nitrogens with zero attached hydrogens (tertiary/aromatic N) is 1. The van der Waals surface area contributed by atoms with Gasteiger partial charge < -0.3 is 15.0 Å². The van der Waals surface area contributed by atoms with Crippen molar-refractivity contribution in [3.8, 4) is 0 Å².